The van der Waals surface area contributed by atoms with Crippen LogP contribution >= 0.6 is 0 Å². The summed E-state index contributed by atoms with van der Waals surface area (Å²) in [7, 11) is 0. The van der Waals surface area contributed by atoms with Gasteiger partial charge in [0.2, 0.25) is 5.56 Å². The van der Waals surface area contributed by atoms with E-state index < -0.39 is 0 Å². The largest absolute Gasteiger partial charge is 0.326 e. The Balaban J connectivity index is 2.58. The van der Waals surface area contributed by atoms with Gasteiger partial charge in [-0.05, 0) is 18.6 Å². The second-order valence-electron chi connectivity index (χ2n) is 3.15. The van der Waals surface area contributed by atoms with E-state index in [4.69, 9.17) is 0 Å². The molecule has 0 aliphatic carbocycles. The molecule has 0 atom stereocenters. The van der Waals surface area contributed by atoms with Crippen molar-refractivity contribution >= 4 is 0 Å². The van der Waals surface area contributed by atoms with Crippen LogP contribution in [0.2, 0.25) is 0 Å². The molecule has 0 amide bonds. The lowest BCUT2D eigenvalue weighted by Gasteiger charge is -2.02. The fraction of sp³-hybridized carbons (Fsp3) is 0.0909. The highest BCUT2D eigenvalue weighted by atomic mass is 16.1. The van der Waals surface area contributed by atoms with Crippen LogP contribution in [0.4, 0.5) is 0 Å². The van der Waals surface area contributed by atoms with Gasteiger partial charge in [-0.25, -0.2) is 4.98 Å². The maximum atomic E-state index is 11.0. The average Bonchev–Trinajstić information content (AvgIpc) is 2.19. The average molecular weight is 187 g/mol. The molecule has 2 N–H and O–H groups in total. The van der Waals surface area contributed by atoms with E-state index in [2.05, 4.69) is 9.97 Å². The third-order valence-corrected chi connectivity index (χ3v) is 2.15. The van der Waals surface area contributed by atoms with Gasteiger partial charge < -0.3 is 4.98 Å². The Kier molecular flexibility index (Phi) is 2.14. The summed E-state index contributed by atoms with van der Waals surface area (Å²) in [5, 5.41) is 0. The number of hydrogen-bond donors (Lipinski definition) is 1. The molecular weight excluding hydrogens is 176 g/mol. The summed E-state index contributed by atoms with van der Waals surface area (Å²) in [5.41, 5.74) is 2.98. The number of nitrogens with one attached hydrogen (secondary N) is 2. The number of aromatic nitrogens is 2. The first-order chi connectivity index (χ1) is 6.77. The first-order valence-corrected chi connectivity index (χ1v) is 4.44. The summed E-state index contributed by atoms with van der Waals surface area (Å²) in [4.78, 5) is 16.7. The van der Waals surface area contributed by atoms with E-state index in [1.807, 2.05) is 37.5 Å². The Morgan fingerprint density at radius 2 is 1.86 bits per heavy atom. The third kappa shape index (κ3) is 1.57. The summed E-state index contributed by atoms with van der Waals surface area (Å²) in [5.74, 6) is 0. The number of pyridine rings is 2. The minimum absolute atomic E-state index is 0.0613. The summed E-state index contributed by atoms with van der Waals surface area (Å²) < 4.78 is 0. The van der Waals surface area contributed by atoms with Gasteiger partial charge in [0, 0.05) is 29.5 Å². The van der Waals surface area contributed by atoms with Crippen LogP contribution in [0, 0.1) is 6.92 Å². The summed E-state index contributed by atoms with van der Waals surface area (Å²) in [6.07, 6.45) is 3.72. The summed E-state index contributed by atoms with van der Waals surface area (Å²) >= 11 is 0. The zero-order valence-electron chi connectivity index (χ0n) is 7.87. The maximum Gasteiger partial charge on any atom is 0.248 e. The van der Waals surface area contributed by atoms with E-state index in [-0.39, 0.29) is 5.56 Å². The molecule has 0 bridgehead atoms. The molecule has 0 fully saturated rings. The Hall–Kier alpha value is -1.90. The lowest BCUT2D eigenvalue weighted by molar-refractivity contribution is -0.377. The van der Waals surface area contributed by atoms with Gasteiger partial charge in [-0.1, -0.05) is 0 Å². The molecule has 3 heteroatoms. The van der Waals surface area contributed by atoms with Crippen molar-refractivity contribution in [1.82, 2.24) is 4.98 Å². The van der Waals surface area contributed by atoms with E-state index in [0.29, 0.717) is 0 Å². The van der Waals surface area contributed by atoms with Crippen LogP contribution in [-0.4, -0.2) is 4.98 Å². The highest BCUT2D eigenvalue weighted by Crippen LogP contribution is 2.18. The van der Waals surface area contributed by atoms with Gasteiger partial charge >= 0.3 is 0 Å². The predicted molar refractivity (Wildman–Crippen MR) is 53.8 cm³/mol. The smallest absolute Gasteiger partial charge is 0.248 e. The van der Waals surface area contributed by atoms with Crippen molar-refractivity contribution in [3.8, 4) is 11.1 Å². The Morgan fingerprint density at radius 1 is 1.14 bits per heavy atom. The fourth-order valence-corrected chi connectivity index (χ4v) is 1.46. The van der Waals surface area contributed by atoms with E-state index >= 15 is 0 Å². The number of aryl methyl sites for hydroxylation is 1. The lowest BCUT2D eigenvalue weighted by Crippen LogP contribution is -2.06. The van der Waals surface area contributed by atoms with Crippen molar-refractivity contribution in [1.29, 1.82) is 0 Å². The standard InChI is InChI=1S/C11H10N2O/c1-8-10(2-3-11(14)13-8)9-4-6-12-7-5-9/h2-7H,1H3,(H,13,14)/p+1. The van der Waals surface area contributed by atoms with Gasteiger partial charge in [0.05, 0.1) is 0 Å². The first-order valence-electron chi connectivity index (χ1n) is 4.44. The molecule has 0 aliphatic heterocycles. The molecule has 0 aromatic carbocycles. The van der Waals surface area contributed by atoms with Crippen LogP contribution in [-0.2, 0) is 0 Å². The molecule has 2 rings (SSSR count). The van der Waals surface area contributed by atoms with Gasteiger partial charge in [0.15, 0.2) is 12.4 Å². The molecule has 3 nitrogen and oxygen atoms in total. The van der Waals surface area contributed by atoms with Gasteiger partial charge in [-0.15, -0.1) is 0 Å². The summed E-state index contributed by atoms with van der Waals surface area (Å²) in [6.45, 7) is 1.90. The van der Waals surface area contributed by atoms with Gasteiger partial charge in [0.25, 0.3) is 0 Å². The summed E-state index contributed by atoms with van der Waals surface area (Å²) in [6, 6.07) is 7.32. The zero-order chi connectivity index (χ0) is 9.97. The van der Waals surface area contributed by atoms with Gasteiger partial charge in [-0.3, -0.25) is 4.79 Å². The molecule has 0 spiro atoms. The van der Waals surface area contributed by atoms with Crippen LogP contribution in [0.5, 0.6) is 0 Å². The van der Waals surface area contributed by atoms with E-state index in [9.17, 15) is 4.79 Å². The molecule has 0 unspecified atom stereocenters. The number of aromatic amines is 2. The highest BCUT2D eigenvalue weighted by Gasteiger charge is 2.02. The molecule has 2 heterocycles. The highest BCUT2D eigenvalue weighted by molar-refractivity contribution is 5.64. The number of H-pyrrole nitrogens is 2. The molecule has 2 aromatic heterocycles. The van der Waals surface area contributed by atoms with Crippen LogP contribution in [0.1, 0.15) is 5.69 Å². The quantitative estimate of drug-likeness (QED) is 0.715. The zero-order valence-corrected chi connectivity index (χ0v) is 7.87. The van der Waals surface area contributed by atoms with Crippen molar-refractivity contribution < 1.29 is 4.98 Å². The second-order valence-corrected chi connectivity index (χ2v) is 3.15. The normalized spacial score (nSPS) is 10.1. The molecule has 0 aliphatic rings. The van der Waals surface area contributed by atoms with Crippen LogP contribution in [0.25, 0.3) is 11.1 Å². The SMILES string of the molecule is Cc1[nH]c(=O)ccc1-c1cc[nH+]cc1. The van der Waals surface area contributed by atoms with Crippen LogP contribution < -0.4 is 10.5 Å². The molecule has 0 saturated heterocycles. The van der Waals surface area contributed by atoms with Crippen molar-refractivity contribution in [2.24, 2.45) is 0 Å². The molecule has 2 aromatic rings. The Bertz CT molecular complexity index is 488. The fourth-order valence-electron chi connectivity index (χ4n) is 1.46. The molecule has 14 heavy (non-hydrogen) atoms. The van der Waals surface area contributed by atoms with Gasteiger partial charge in [-0.2, -0.15) is 0 Å². The van der Waals surface area contributed by atoms with Crippen LogP contribution in [0.15, 0.2) is 41.5 Å². The van der Waals surface area contributed by atoms with Crippen molar-refractivity contribution in [3.05, 3.63) is 52.7 Å². The van der Waals surface area contributed by atoms with E-state index in [1.165, 1.54) is 0 Å². The van der Waals surface area contributed by atoms with Gasteiger partial charge in [0.1, 0.15) is 0 Å². The van der Waals surface area contributed by atoms with E-state index in [0.717, 1.165) is 16.8 Å². The Labute approximate surface area is 81.5 Å². The number of hydrogen-bond acceptors (Lipinski definition) is 1. The molecular formula is C11H11N2O+. The second kappa shape index (κ2) is 3.46. The maximum absolute atomic E-state index is 11.0. The molecule has 0 radical (unpaired) electrons. The monoisotopic (exact) mass is 187 g/mol. The molecule has 70 valence electrons. The predicted octanol–water partition coefficient (Wildman–Crippen LogP) is 1.16. The minimum atomic E-state index is -0.0613. The van der Waals surface area contributed by atoms with E-state index in [1.54, 1.807) is 6.07 Å². The lowest BCUT2D eigenvalue weighted by atomic mass is 10.1. The third-order valence-electron chi connectivity index (χ3n) is 2.15. The topological polar surface area (TPSA) is 47.0 Å². The van der Waals surface area contributed by atoms with Crippen molar-refractivity contribution in [2.45, 2.75) is 6.92 Å². The minimum Gasteiger partial charge on any atom is -0.326 e. The molecule has 0 saturated carbocycles. The van der Waals surface area contributed by atoms with Crippen molar-refractivity contribution in [2.75, 3.05) is 0 Å². The number of rotatable bonds is 1. The van der Waals surface area contributed by atoms with Crippen LogP contribution in [0.3, 0.4) is 0 Å². The first kappa shape index (κ1) is 8.69. The Morgan fingerprint density at radius 3 is 2.50 bits per heavy atom. The van der Waals surface area contributed by atoms with Crippen molar-refractivity contribution in [3.63, 3.8) is 0 Å².